The molecule has 20 heavy (non-hydrogen) atoms. The van der Waals surface area contributed by atoms with Crippen molar-refractivity contribution >= 4 is 16.5 Å². The molecular formula is C15H16FNO2S. The van der Waals surface area contributed by atoms with Crippen LogP contribution in [0.25, 0.3) is 0 Å². The molecule has 106 valence electrons. The van der Waals surface area contributed by atoms with Gasteiger partial charge in [0.15, 0.2) is 0 Å². The summed E-state index contributed by atoms with van der Waals surface area (Å²) >= 11 is 0. The molecule has 5 heteroatoms. The Kier molecular flexibility index (Phi) is 5.12. The van der Waals surface area contributed by atoms with Crippen molar-refractivity contribution in [1.82, 2.24) is 0 Å². The molecule has 0 aliphatic heterocycles. The first kappa shape index (κ1) is 14.5. The van der Waals surface area contributed by atoms with E-state index in [1.165, 1.54) is 12.1 Å². The summed E-state index contributed by atoms with van der Waals surface area (Å²) in [4.78, 5) is 0.638. The number of rotatable bonds is 6. The van der Waals surface area contributed by atoms with Gasteiger partial charge in [-0.3, -0.25) is 4.21 Å². The summed E-state index contributed by atoms with van der Waals surface area (Å²) in [6.45, 7) is 0.483. The molecule has 0 aliphatic carbocycles. The second-order valence-corrected chi connectivity index (χ2v) is 5.85. The van der Waals surface area contributed by atoms with Crippen LogP contribution in [0.2, 0.25) is 0 Å². The van der Waals surface area contributed by atoms with Gasteiger partial charge in [-0.05, 0) is 55.0 Å². The number of nitrogen functional groups attached to an aromatic ring is 1. The number of hydrogen-bond donors (Lipinski definition) is 1. The summed E-state index contributed by atoms with van der Waals surface area (Å²) in [6, 6.07) is 12.9. The van der Waals surface area contributed by atoms with Gasteiger partial charge in [-0.25, -0.2) is 4.39 Å². The molecular weight excluding hydrogens is 277 g/mol. The van der Waals surface area contributed by atoms with Crippen molar-refractivity contribution in [3.8, 4) is 5.75 Å². The fourth-order valence-corrected chi connectivity index (χ4v) is 2.70. The standard InChI is InChI=1S/C15H16FNO2S/c16-12-2-8-15(9-3-12)20(18)11-1-10-19-14-6-4-13(17)5-7-14/h2-9H,1,10-11,17H2. The van der Waals surface area contributed by atoms with Crippen molar-refractivity contribution in [1.29, 1.82) is 0 Å². The zero-order chi connectivity index (χ0) is 14.4. The lowest BCUT2D eigenvalue weighted by molar-refractivity contribution is 0.318. The van der Waals surface area contributed by atoms with Gasteiger partial charge in [-0.2, -0.15) is 0 Å². The number of hydrogen-bond acceptors (Lipinski definition) is 3. The Morgan fingerprint density at radius 2 is 1.70 bits per heavy atom. The molecule has 0 radical (unpaired) electrons. The number of nitrogens with two attached hydrogens (primary N) is 1. The largest absolute Gasteiger partial charge is 0.494 e. The number of ether oxygens (including phenoxy) is 1. The summed E-state index contributed by atoms with van der Waals surface area (Å²) in [5.41, 5.74) is 6.26. The van der Waals surface area contributed by atoms with Gasteiger partial charge in [0.05, 0.1) is 17.4 Å². The van der Waals surface area contributed by atoms with Crippen molar-refractivity contribution in [3.05, 3.63) is 54.3 Å². The normalized spacial score (nSPS) is 12.1. The second kappa shape index (κ2) is 7.05. The van der Waals surface area contributed by atoms with Gasteiger partial charge in [-0.1, -0.05) is 0 Å². The molecule has 3 nitrogen and oxygen atoms in total. The van der Waals surface area contributed by atoms with Gasteiger partial charge in [0.25, 0.3) is 0 Å². The van der Waals surface area contributed by atoms with E-state index in [0.29, 0.717) is 29.4 Å². The number of benzene rings is 2. The van der Waals surface area contributed by atoms with E-state index in [0.717, 1.165) is 5.75 Å². The highest BCUT2D eigenvalue weighted by Gasteiger charge is 2.04. The van der Waals surface area contributed by atoms with Crippen LogP contribution in [0.5, 0.6) is 5.75 Å². The minimum absolute atomic E-state index is 0.322. The lowest BCUT2D eigenvalue weighted by Crippen LogP contribution is -2.05. The highest BCUT2D eigenvalue weighted by Crippen LogP contribution is 2.14. The third kappa shape index (κ3) is 4.35. The van der Waals surface area contributed by atoms with E-state index in [9.17, 15) is 8.60 Å². The zero-order valence-electron chi connectivity index (χ0n) is 10.9. The lowest BCUT2D eigenvalue weighted by atomic mass is 10.3. The maximum absolute atomic E-state index is 12.7. The SMILES string of the molecule is Nc1ccc(OCCCS(=O)c2ccc(F)cc2)cc1. The second-order valence-electron chi connectivity index (χ2n) is 4.27. The molecule has 0 amide bonds. The first-order chi connectivity index (χ1) is 9.65. The van der Waals surface area contributed by atoms with Crippen LogP contribution in [0.3, 0.4) is 0 Å². The molecule has 2 N–H and O–H groups in total. The van der Waals surface area contributed by atoms with Crippen molar-refractivity contribution < 1.29 is 13.3 Å². The quantitative estimate of drug-likeness (QED) is 0.658. The van der Waals surface area contributed by atoms with E-state index >= 15 is 0 Å². The maximum Gasteiger partial charge on any atom is 0.123 e. The molecule has 2 aromatic carbocycles. The fourth-order valence-electron chi connectivity index (χ4n) is 1.65. The van der Waals surface area contributed by atoms with E-state index < -0.39 is 10.8 Å². The minimum atomic E-state index is -1.12. The van der Waals surface area contributed by atoms with Gasteiger partial charge in [0, 0.05) is 16.3 Å². The van der Waals surface area contributed by atoms with Crippen LogP contribution >= 0.6 is 0 Å². The number of anilines is 1. The Hall–Kier alpha value is -1.88. The number of halogens is 1. The van der Waals surface area contributed by atoms with Crippen molar-refractivity contribution in [2.75, 3.05) is 18.1 Å². The molecule has 0 fully saturated rings. The smallest absolute Gasteiger partial charge is 0.123 e. The van der Waals surface area contributed by atoms with Gasteiger partial charge >= 0.3 is 0 Å². The van der Waals surface area contributed by atoms with Crippen LogP contribution in [-0.2, 0) is 10.8 Å². The molecule has 0 spiro atoms. The minimum Gasteiger partial charge on any atom is -0.494 e. The zero-order valence-corrected chi connectivity index (χ0v) is 11.7. The lowest BCUT2D eigenvalue weighted by Gasteiger charge is -2.06. The summed E-state index contributed by atoms with van der Waals surface area (Å²) in [5, 5.41) is 0. The van der Waals surface area contributed by atoms with E-state index in [1.54, 1.807) is 36.4 Å². The maximum atomic E-state index is 12.7. The van der Waals surface area contributed by atoms with Gasteiger partial charge in [0.1, 0.15) is 11.6 Å². The first-order valence-electron chi connectivity index (χ1n) is 6.27. The van der Waals surface area contributed by atoms with Crippen LogP contribution in [0.4, 0.5) is 10.1 Å². The molecule has 0 heterocycles. The van der Waals surface area contributed by atoms with Gasteiger partial charge in [0.2, 0.25) is 0 Å². The Labute approximate surface area is 120 Å². The van der Waals surface area contributed by atoms with E-state index in [1.807, 2.05) is 0 Å². The van der Waals surface area contributed by atoms with E-state index in [-0.39, 0.29) is 5.82 Å². The molecule has 1 atom stereocenters. The summed E-state index contributed by atoms with van der Waals surface area (Å²) < 4.78 is 30.2. The molecule has 2 rings (SSSR count). The topological polar surface area (TPSA) is 52.3 Å². The molecule has 0 bridgehead atoms. The fraction of sp³-hybridized carbons (Fsp3) is 0.200. The summed E-state index contributed by atoms with van der Waals surface area (Å²) in [5.74, 6) is 0.907. The van der Waals surface area contributed by atoms with Crippen LogP contribution in [0.1, 0.15) is 6.42 Å². The van der Waals surface area contributed by atoms with E-state index in [2.05, 4.69) is 0 Å². The van der Waals surface area contributed by atoms with Gasteiger partial charge in [-0.15, -0.1) is 0 Å². The highest BCUT2D eigenvalue weighted by atomic mass is 32.2. The molecule has 2 aromatic rings. The monoisotopic (exact) mass is 293 g/mol. The molecule has 0 saturated heterocycles. The average Bonchev–Trinajstić information content (AvgIpc) is 2.46. The molecule has 0 saturated carbocycles. The van der Waals surface area contributed by atoms with Crippen molar-refractivity contribution in [2.45, 2.75) is 11.3 Å². The first-order valence-corrected chi connectivity index (χ1v) is 7.59. The summed E-state index contributed by atoms with van der Waals surface area (Å²) in [7, 11) is -1.12. The van der Waals surface area contributed by atoms with Crippen LogP contribution in [-0.4, -0.2) is 16.6 Å². The van der Waals surface area contributed by atoms with Crippen LogP contribution in [0, 0.1) is 5.82 Å². The molecule has 0 aromatic heterocycles. The average molecular weight is 293 g/mol. The summed E-state index contributed by atoms with van der Waals surface area (Å²) in [6.07, 6.45) is 0.661. The molecule has 0 aliphatic rings. The van der Waals surface area contributed by atoms with Crippen molar-refractivity contribution in [3.63, 3.8) is 0 Å². The Morgan fingerprint density at radius 3 is 2.35 bits per heavy atom. The van der Waals surface area contributed by atoms with Crippen molar-refractivity contribution in [2.24, 2.45) is 0 Å². The Morgan fingerprint density at radius 1 is 1.05 bits per heavy atom. The Balaban J connectivity index is 1.74. The van der Waals surface area contributed by atoms with Crippen LogP contribution in [0.15, 0.2) is 53.4 Å². The van der Waals surface area contributed by atoms with E-state index in [4.69, 9.17) is 10.5 Å². The predicted octanol–water partition coefficient (Wildman–Crippen LogP) is 2.98. The third-order valence-electron chi connectivity index (χ3n) is 2.70. The predicted molar refractivity (Wildman–Crippen MR) is 78.6 cm³/mol. The highest BCUT2D eigenvalue weighted by molar-refractivity contribution is 7.85. The third-order valence-corrected chi connectivity index (χ3v) is 4.16. The van der Waals surface area contributed by atoms with Crippen LogP contribution < -0.4 is 10.5 Å². The Bertz CT molecular complexity index is 569. The molecule has 1 unspecified atom stereocenters. The van der Waals surface area contributed by atoms with Gasteiger partial charge < -0.3 is 10.5 Å².